The topological polar surface area (TPSA) is 66.4 Å². The second-order valence-corrected chi connectivity index (χ2v) is 5.63. The van der Waals surface area contributed by atoms with Crippen LogP contribution < -0.4 is 5.32 Å². The maximum Gasteiger partial charge on any atom is 0.303 e. The molecule has 0 aliphatic heterocycles. The average molecular weight is 342 g/mol. The summed E-state index contributed by atoms with van der Waals surface area (Å²) in [6.45, 7) is 2.57. The van der Waals surface area contributed by atoms with E-state index in [2.05, 4.69) is 21.2 Å². The fourth-order valence-corrected chi connectivity index (χ4v) is 2.09. The third-order valence-electron chi connectivity index (χ3n) is 3.02. The first-order chi connectivity index (χ1) is 9.50. The van der Waals surface area contributed by atoms with Crippen LogP contribution in [0.15, 0.2) is 22.7 Å². The standard InChI is InChI=1S/C15H20BrNO3/c1-11-10-12(7-8-13(11)16)15(20)17-9-5-3-2-4-6-14(18)19/h7-8,10H,2-6,9H2,1H3,(H,17,20)(H,18,19). The minimum Gasteiger partial charge on any atom is -0.481 e. The molecule has 0 saturated carbocycles. The maximum absolute atomic E-state index is 11.9. The summed E-state index contributed by atoms with van der Waals surface area (Å²) in [5, 5.41) is 11.4. The first-order valence-corrected chi connectivity index (χ1v) is 7.56. The lowest BCUT2D eigenvalue weighted by atomic mass is 10.1. The SMILES string of the molecule is Cc1cc(C(=O)NCCCCCCC(=O)O)ccc1Br. The van der Waals surface area contributed by atoms with Crippen molar-refractivity contribution in [2.75, 3.05) is 6.54 Å². The number of rotatable bonds is 8. The molecule has 110 valence electrons. The molecule has 20 heavy (non-hydrogen) atoms. The second kappa shape index (κ2) is 8.74. The summed E-state index contributed by atoms with van der Waals surface area (Å²) in [5.41, 5.74) is 1.70. The van der Waals surface area contributed by atoms with Crippen molar-refractivity contribution < 1.29 is 14.7 Å². The predicted molar refractivity (Wildman–Crippen MR) is 81.9 cm³/mol. The zero-order valence-corrected chi connectivity index (χ0v) is 13.2. The summed E-state index contributed by atoms with van der Waals surface area (Å²) >= 11 is 3.40. The smallest absolute Gasteiger partial charge is 0.303 e. The third kappa shape index (κ3) is 6.19. The molecule has 1 amide bonds. The third-order valence-corrected chi connectivity index (χ3v) is 3.91. The summed E-state index contributed by atoms with van der Waals surface area (Å²) in [5.74, 6) is -0.810. The van der Waals surface area contributed by atoms with Crippen molar-refractivity contribution in [2.45, 2.75) is 39.0 Å². The molecule has 0 aromatic heterocycles. The van der Waals surface area contributed by atoms with Gasteiger partial charge in [0, 0.05) is 23.0 Å². The molecule has 0 radical (unpaired) electrons. The molecule has 0 bridgehead atoms. The molecule has 2 N–H and O–H groups in total. The van der Waals surface area contributed by atoms with E-state index in [1.807, 2.05) is 19.1 Å². The number of aliphatic carboxylic acids is 1. The van der Waals surface area contributed by atoms with Crippen LogP contribution in [0.1, 0.15) is 48.0 Å². The molecule has 0 aliphatic carbocycles. The first-order valence-electron chi connectivity index (χ1n) is 6.77. The Bertz CT molecular complexity index is 474. The van der Waals surface area contributed by atoms with E-state index >= 15 is 0 Å². The minimum atomic E-state index is -0.746. The Morgan fingerprint density at radius 3 is 2.55 bits per heavy atom. The van der Waals surface area contributed by atoms with Gasteiger partial charge in [0.1, 0.15) is 0 Å². The van der Waals surface area contributed by atoms with Gasteiger partial charge in [-0.1, -0.05) is 28.8 Å². The van der Waals surface area contributed by atoms with Crippen molar-refractivity contribution in [3.63, 3.8) is 0 Å². The largest absolute Gasteiger partial charge is 0.481 e. The van der Waals surface area contributed by atoms with Crippen molar-refractivity contribution in [3.05, 3.63) is 33.8 Å². The first kappa shape index (κ1) is 16.7. The zero-order valence-electron chi connectivity index (χ0n) is 11.6. The molecule has 0 atom stereocenters. The molecule has 0 heterocycles. The van der Waals surface area contributed by atoms with Gasteiger partial charge in [0.05, 0.1) is 0 Å². The molecule has 0 aliphatic rings. The molecule has 4 nitrogen and oxygen atoms in total. The highest BCUT2D eigenvalue weighted by atomic mass is 79.9. The quantitative estimate of drug-likeness (QED) is 0.711. The molecule has 0 saturated heterocycles. The number of amides is 1. The van der Waals surface area contributed by atoms with Crippen LogP contribution in [-0.2, 0) is 4.79 Å². The van der Waals surface area contributed by atoms with Crippen LogP contribution in [0.2, 0.25) is 0 Å². The summed E-state index contributed by atoms with van der Waals surface area (Å²) in [7, 11) is 0. The normalized spacial score (nSPS) is 10.3. The summed E-state index contributed by atoms with van der Waals surface area (Å²) in [6, 6.07) is 5.52. The van der Waals surface area contributed by atoms with E-state index in [-0.39, 0.29) is 12.3 Å². The number of benzene rings is 1. The Kier molecular flexibility index (Phi) is 7.30. The van der Waals surface area contributed by atoms with E-state index in [0.29, 0.717) is 18.5 Å². The number of aryl methyl sites for hydroxylation is 1. The van der Waals surface area contributed by atoms with Crippen LogP contribution in [0.4, 0.5) is 0 Å². The second-order valence-electron chi connectivity index (χ2n) is 4.78. The molecule has 1 aromatic carbocycles. The highest BCUT2D eigenvalue weighted by molar-refractivity contribution is 9.10. The number of carboxylic acid groups (broad SMARTS) is 1. The maximum atomic E-state index is 11.9. The average Bonchev–Trinajstić information content (AvgIpc) is 2.40. The molecular weight excluding hydrogens is 322 g/mol. The van der Waals surface area contributed by atoms with Crippen molar-refractivity contribution in [1.82, 2.24) is 5.32 Å². The lowest BCUT2D eigenvalue weighted by Gasteiger charge is -2.06. The van der Waals surface area contributed by atoms with E-state index in [1.165, 1.54) is 0 Å². The highest BCUT2D eigenvalue weighted by Crippen LogP contribution is 2.17. The van der Waals surface area contributed by atoms with Gasteiger partial charge in [-0.3, -0.25) is 9.59 Å². The van der Waals surface area contributed by atoms with Crippen LogP contribution in [-0.4, -0.2) is 23.5 Å². The predicted octanol–water partition coefficient (Wildman–Crippen LogP) is 3.52. The van der Waals surface area contributed by atoms with Crippen LogP contribution in [0.3, 0.4) is 0 Å². The number of carboxylic acids is 1. The molecule has 1 rings (SSSR count). The lowest BCUT2D eigenvalue weighted by molar-refractivity contribution is -0.137. The number of carbonyl (C=O) groups excluding carboxylic acids is 1. The number of carbonyl (C=O) groups is 2. The summed E-state index contributed by atoms with van der Waals surface area (Å²) in [6.07, 6.45) is 3.63. The van der Waals surface area contributed by atoms with E-state index in [9.17, 15) is 9.59 Å². The van der Waals surface area contributed by atoms with Gasteiger partial charge in [-0.05, 0) is 43.5 Å². The van der Waals surface area contributed by atoms with Gasteiger partial charge >= 0.3 is 5.97 Å². The Labute approximate surface area is 127 Å². The zero-order chi connectivity index (χ0) is 15.0. The summed E-state index contributed by atoms with van der Waals surface area (Å²) in [4.78, 5) is 22.2. The van der Waals surface area contributed by atoms with E-state index in [4.69, 9.17) is 5.11 Å². The molecule has 5 heteroatoms. The van der Waals surface area contributed by atoms with Crippen LogP contribution in [0, 0.1) is 6.92 Å². The van der Waals surface area contributed by atoms with Gasteiger partial charge in [-0.15, -0.1) is 0 Å². The minimum absolute atomic E-state index is 0.0638. The Hall–Kier alpha value is -1.36. The molecule has 1 aromatic rings. The molecular formula is C15H20BrNO3. The monoisotopic (exact) mass is 341 g/mol. The van der Waals surface area contributed by atoms with E-state index in [0.717, 1.165) is 29.3 Å². The van der Waals surface area contributed by atoms with Crippen molar-refractivity contribution in [3.8, 4) is 0 Å². The number of nitrogens with one attached hydrogen (secondary N) is 1. The van der Waals surface area contributed by atoms with Crippen molar-refractivity contribution in [1.29, 1.82) is 0 Å². The number of unbranched alkanes of at least 4 members (excludes halogenated alkanes) is 3. The van der Waals surface area contributed by atoms with E-state index < -0.39 is 5.97 Å². The molecule has 0 fully saturated rings. The van der Waals surface area contributed by atoms with Gasteiger partial charge in [0.15, 0.2) is 0 Å². The van der Waals surface area contributed by atoms with Crippen molar-refractivity contribution >= 4 is 27.8 Å². The van der Waals surface area contributed by atoms with Crippen LogP contribution in [0.5, 0.6) is 0 Å². The number of hydrogen-bond acceptors (Lipinski definition) is 2. The Balaban J connectivity index is 2.20. The Morgan fingerprint density at radius 1 is 1.20 bits per heavy atom. The summed E-state index contributed by atoms with van der Waals surface area (Å²) < 4.78 is 0.993. The van der Waals surface area contributed by atoms with Gasteiger partial charge in [0.2, 0.25) is 0 Å². The van der Waals surface area contributed by atoms with Gasteiger partial charge in [-0.2, -0.15) is 0 Å². The van der Waals surface area contributed by atoms with Gasteiger partial charge < -0.3 is 10.4 Å². The van der Waals surface area contributed by atoms with Gasteiger partial charge in [-0.25, -0.2) is 0 Å². The molecule has 0 unspecified atom stereocenters. The van der Waals surface area contributed by atoms with Crippen molar-refractivity contribution in [2.24, 2.45) is 0 Å². The highest BCUT2D eigenvalue weighted by Gasteiger charge is 2.06. The van der Waals surface area contributed by atoms with E-state index in [1.54, 1.807) is 6.07 Å². The fourth-order valence-electron chi connectivity index (χ4n) is 1.84. The number of halogens is 1. The lowest BCUT2D eigenvalue weighted by Crippen LogP contribution is -2.24. The molecule has 0 spiro atoms. The van der Waals surface area contributed by atoms with Crippen LogP contribution >= 0.6 is 15.9 Å². The fraction of sp³-hybridized carbons (Fsp3) is 0.467. The number of hydrogen-bond donors (Lipinski definition) is 2. The van der Waals surface area contributed by atoms with Gasteiger partial charge in [0.25, 0.3) is 5.91 Å². The Morgan fingerprint density at radius 2 is 1.90 bits per heavy atom. The van der Waals surface area contributed by atoms with Crippen LogP contribution in [0.25, 0.3) is 0 Å².